The lowest BCUT2D eigenvalue weighted by Gasteiger charge is -2.31. The maximum Gasteiger partial charge on any atom is 0.460 e. The van der Waals surface area contributed by atoms with Gasteiger partial charge in [0, 0.05) is 0 Å². The Morgan fingerprint density at radius 3 is 1.55 bits per heavy atom. The van der Waals surface area contributed by atoms with E-state index in [9.17, 15) is 47.9 Å². The maximum atomic E-state index is 12.2. The Bertz CT molecular complexity index is 2080. The van der Waals surface area contributed by atoms with Crippen molar-refractivity contribution in [1.82, 2.24) is 0 Å². The molecule has 1 aliphatic carbocycles. The molecular formula is C36H25F9O3S. The summed E-state index contributed by atoms with van der Waals surface area (Å²) in [7, 11) is -7.17. The van der Waals surface area contributed by atoms with E-state index in [1.165, 1.54) is 61.2 Å². The smallest absolute Gasteiger partial charge is 0.281 e. The molecule has 13 heteroatoms. The molecule has 0 saturated heterocycles. The van der Waals surface area contributed by atoms with Crippen LogP contribution in [0.25, 0.3) is 44.5 Å². The average Bonchev–Trinajstić information content (AvgIpc) is 3.42. The molecule has 0 saturated carbocycles. The minimum absolute atomic E-state index is 0.976. The van der Waals surface area contributed by atoms with Crippen molar-refractivity contribution in [1.29, 1.82) is 0 Å². The zero-order valence-electron chi connectivity index (χ0n) is 25.3. The molecule has 0 amide bonds. The molecule has 6 rings (SSSR count). The lowest BCUT2D eigenvalue weighted by molar-refractivity contribution is -0.382. The number of fused-ring (bicyclic) bond motifs is 3. The van der Waals surface area contributed by atoms with E-state index in [2.05, 4.69) is 122 Å². The number of alkyl halides is 9. The van der Waals surface area contributed by atoms with Crippen LogP contribution in [-0.2, 0) is 16.5 Å². The SMILES string of the molecule is Cc1ccc(-c2cc3c(c(-c4ccccc4)c2-c2ccccc2)Cc2ccccc2-3)cc1.O=S(=O)(O)C(F)(F)C(F)(F)C(F)(F)C(F)(F)F. The third-order valence-electron chi connectivity index (χ3n) is 8.04. The number of aryl methyl sites for hydroxylation is 1. The Balaban J connectivity index is 0.000000236. The summed E-state index contributed by atoms with van der Waals surface area (Å²) in [5.74, 6) is -14.7. The summed E-state index contributed by atoms with van der Waals surface area (Å²) in [6, 6.07) is 42.0. The van der Waals surface area contributed by atoms with Crippen molar-refractivity contribution in [3.05, 3.63) is 132 Å². The largest absolute Gasteiger partial charge is 0.460 e. The number of halogens is 9. The average molecular weight is 709 g/mol. The lowest BCUT2D eigenvalue weighted by Crippen LogP contribution is -2.63. The molecule has 0 radical (unpaired) electrons. The molecule has 0 aromatic heterocycles. The van der Waals surface area contributed by atoms with Gasteiger partial charge >= 0.3 is 33.4 Å². The fraction of sp³-hybridized carbons (Fsp3) is 0.167. The molecule has 1 aliphatic rings. The molecule has 0 unspecified atom stereocenters. The highest BCUT2D eigenvalue weighted by atomic mass is 32.2. The third-order valence-corrected chi connectivity index (χ3v) is 8.94. The maximum absolute atomic E-state index is 12.2. The van der Waals surface area contributed by atoms with Crippen molar-refractivity contribution in [2.24, 2.45) is 0 Å². The van der Waals surface area contributed by atoms with Gasteiger partial charge < -0.3 is 0 Å². The first-order valence-electron chi connectivity index (χ1n) is 14.4. The van der Waals surface area contributed by atoms with Crippen LogP contribution >= 0.6 is 0 Å². The van der Waals surface area contributed by atoms with Crippen LogP contribution in [0.3, 0.4) is 0 Å². The Morgan fingerprint density at radius 2 is 1.04 bits per heavy atom. The Hall–Kier alpha value is -4.62. The van der Waals surface area contributed by atoms with Gasteiger partial charge in [0.25, 0.3) is 0 Å². The highest BCUT2D eigenvalue weighted by Crippen LogP contribution is 2.54. The molecule has 3 nitrogen and oxygen atoms in total. The molecule has 5 aromatic carbocycles. The monoisotopic (exact) mass is 708 g/mol. The molecule has 0 spiro atoms. The Morgan fingerprint density at radius 1 is 0.551 bits per heavy atom. The van der Waals surface area contributed by atoms with Gasteiger partial charge in [-0.3, -0.25) is 4.55 Å². The Kier molecular flexibility index (Phi) is 9.24. The third kappa shape index (κ3) is 6.32. The molecule has 1 N–H and O–H groups in total. The van der Waals surface area contributed by atoms with Gasteiger partial charge in [-0.1, -0.05) is 115 Å². The van der Waals surface area contributed by atoms with E-state index in [0.717, 1.165) is 6.42 Å². The molecule has 0 aliphatic heterocycles. The second kappa shape index (κ2) is 12.7. The first-order chi connectivity index (χ1) is 22.8. The molecule has 256 valence electrons. The summed E-state index contributed by atoms with van der Waals surface area (Å²) in [6.07, 6.45) is -6.16. The van der Waals surface area contributed by atoms with Crippen LogP contribution in [-0.4, -0.2) is 36.2 Å². The van der Waals surface area contributed by atoms with E-state index < -0.39 is 33.4 Å². The normalized spacial score (nSPS) is 13.3. The van der Waals surface area contributed by atoms with Gasteiger partial charge in [-0.25, -0.2) is 0 Å². The first-order valence-corrected chi connectivity index (χ1v) is 15.9. The standard InChI is InChI=1S/C32H24.C4HF9O3S/c1-22-16-18-23(19-17-22)28-21-29-27-15-9-8-14-26(27)20-30(29)32(25-12-6-3-7-13-25)31(28)24-10-4-2-5-11-24;5-1(6,3(9,10)11)2(7,8)4(12,13)17(14,15)16/h2-19,21H,20H2,1H3;(H,14,15,16). The van der Waals surface area contributed by atoms with Gasteiger partial charge in [-0.15, -0.1) is 0 Å². The van der Waals surface area contributed by atoms with Crippen LogP contribution < -0.4 is 0 Å². The van der Waals surface area contributed by atoms with Gasteiger partial charge in [0.05, 0.1) is 0 Å². The van der Waals surface area contributed by atoms with Gasteiger partial charge in [0.15, 0.2) is 0 Å². The van der Waals surface area contributed by atoms with Crippen molar-refractivity contribution in [2.45, 2.75) is 36.6 Å². The summed E-state index contributed by atoms with van der Waals surface area (Å²) in [5, 5.41) is -7.00. The van der Waals surface area contributed by atoms with Gasteiger partial charge in [0.1, 0.15) is 0 Å². The fourth-order valence-corrected chi connectivity index (χ4v) is 6.04. The topological polar surface area (TPSA) is 54.4 Å². The lowest BCUT2D eigenvalue weighted by atomic mass is 9.82. The van der Waals surface area contributed by atoms with E-state index >= 15 is 0 Å². The summed E-state index contributed by atoms with van der Waals surface area (Å²) in [5.41, 5.74) is 14.7. The summed E-state index contributed by atoms with van der Waals surface area (Å²) in [6.45, 7) is 2.15. The predicted molar refractivity (Wildman–Crippen MR) is 168 cm³/mol. The van der Waals surface area contributed by atoms with Crippen molar-refractivity contribution in [2.75, 3.05) is 0 Å². The van der Waals surface area contributed by atoms with Crippen LogP contribution in [0.1, 0.15) is 16.7 Å². The van der Waals surface area contributed by atoms with Crippen molar-refractivity contribution < 1.29 is 52.5 Å². The van der Waals surface area contributed by atoms with E-state index in [1.54, 1.807) is 0 Å². The van der Waals surface area contributed by atoms with Crippen LogP contribution in [0.4, 0.5) is 39.5 Å². The highest BCUT2D eigenvalue weighted by Gasteiger charge is 2.85. The van der Waals surface area contributed by atoms with Crippen LogP contribution in [0, 0.1) is 6.92 Å². The van der Waals surface area contributed by atoms with Crippen molar-refractivity contribution >= 4 is 10.1 Å². The quantitative estimate of drug-likeness (QED) is 0.138. The summed E-state index contributed by atoms with van der Waals surface area (Å²) in [4.78, 5) is 0. The van der Waals surface area contributed by atoms with Crippen molar-refractivity contribution in [3.8, 4) is 44.5 Å². The number of rotatable bonds is 6. The van der Waals surface area contributed by atoms with E-state index in [-0.39, 0.29) is 0 Å². The van der Waals surface area contributed by atoms with Gasteiger partial charge in [-0.2, -0.15) is 47.9 Å². The zero-order chi connectivity index (χ0) is 36.0. The summed E-state index contributed by atoms with van der Waals surface area (Å²) >= 11 is 0. The van der Waals surface area contributed by atoms with Gasteiger partial charge in [-0.05, 0) is 75.0 Å². The highest BCUT2D eigenvalue weighted by molar-refractivity contribution is 7.87. The van der Waals surface area contributed by atoms with E-state index in [4.69, 9.17) is 4.55 Å². The number of benzene rings is 5. The molecular weight excluding hydrogens is 683 g/mol. The molecule has 0 atom stereocenters. The molecule has 49 heavy (non-hydrogen) atoms. The van der Waals surface area contributed by atoms with E-state index in [1.807, 2.05) is 0 Å². The second-order valence-electron chi connectivity index (χ2n) is 11.3. The molecule has 5 aromatic rings. The second-order valence-corrected chi connectivity index (χ2v) is 12.7. The molecule has 0 heterocycles. The van der Waals surface area contributed by atoms with E-state index in [0.29, 0.717) is 0 Å². The predicted octanol–water partition coefficient (Wildman–Crippen LogP) is 10.9. The number of hydrogen-bond donors (Lipinski definition) is 1. The zero-order valence-corrected chi connectivity index (χ0v) is 26.1. The van der Waals surface area contributed by atoms with Gasteiger partial charge in [0.2, 0.25) is 0 Å². The first kappa shape index (κ1) is 35.7. The van der Waals surface area contributed by atoms with Crippen LogP contribution in [0.2, 0.25) is 0 Å². The minimum Gasteiger partial charge on any atom is -0.281 e. The fourth-order valence-electron chi connectivity index (χ4n) is 5.59. The molecule has 0 bridgehead atoms. The van der Waals surface area contributed by atoms with Crippen LogP contribution in [0.15, 0.2) is 115 Å². The van der Waals surface area contributed by atoms with Crippen molar-refractivity contribution in [3.63, 3.8) is 0 Å². The molecule has 0 fully saturated rings. The Labute approximate surface area is 275 Å². The number of hydrogen-bond acceptors (Lipinski definition) is 2. The summed E-state index contributed by atoms with van der Waals surface area (Å²) < 4.78 is 134. The van der Waals surface area contributed by atoms with Crippen LogP contribution in [0.5, 0.6) is 0 Å². The minimum atomic E-state index is -7.37.